The summed E-state index contributed by atoms with van der Waals surface area (Å²) in [6, 6.07) is 0.0845. The third-order valence-electron chi connectivity index (χ3n) is 3.18. The monoisotopic (exact) mass is 277 g/mol. The maximum Gasteiger partial charge on any atom is 0.279 e. The molecule has 0 aromatic heterocycles. The van der Waals surface area contributed by atoms with Crippen molar-refractivity contribution in [2.45, 2.75) is 52.0 Å². The number of nitrogens with one attached hydrogen (secondary N) is 2. The zero-order chi connectivity index (χ0) is 13.4. The van der Waals surface area contributed by atoms with Crippen molar-refractivity contribution in [3.05, 3.63) is 0 Å². The van der Waals surface area contributed by atoms with Crippen LogP contribution >= 0.6 is 0 Å². The molecule has 1 rings (SSSR count). The van der Waals surface area contributed by atoms with Gasteiger partial charge in [0, 0.05) is 19.1 Å². The normalized spacial score (nSPS) is 22.1. The molecule has 0 aromatic carbocycles. The highest BCUT2D eigenvalue weighted by atomic mass is 32.2. The lowest BCUT2D eigenvalue weighted by Gasteiger charge is -2.24. The average Bonchev–Trinajstić information content (AvgIpc) is 2.57. The molecule has 1 aliphatic heterocycles. The summed E-state index contributed by atoms with van der Waals surface area (Å²) in [7, 11) is -3.31. The highest BCUT2D eigenvalue weighted by Crippen LogP contribution is 2.09. The molecule has 0 bridgehead atoms. The Labute approximate surface area is 112 Å². The van der Waals surface area contributed by atoms with Crippen molar-refractivity contribution in [1.29, 1.82) is 0 Å². The molecule has 5 nitrogen and oxygen atoms in total. The summed E-state index contributed by atoms with van der Waals surface area (Å²) in [5, 5.41) is 3.29. The van der Waals surface area contributed by atoms with E-state index in [2.05, 4.69) is 10.0 Å². The Morgan fingerprint density at radius 3 is 2.44 bits per heavy atom. The first-order valence-electron chi connectivity index (χ1n) is 7.08. The molecule has 1 atom stereocenters. The Kier molecular flexibility index (Phi) is 7.14. The highest BCUT2D eigenvalue weighted by molar-refractivity contribution is 7.87. The first kappa shape index (κ1) is 15.9. The van der Waals surface area contributed by atoms with Crippen LogP contribution in [-0.4, -0.2) is 44.9 Å². The van der Waals surface area contributed by atoms with Gasteiger partial charge in [0.2, 0.25) is 0 Å². The SMILES string of the molecule is CCCN(CCC)S(=O)(=O)NC1CCCNCC1. The highest BCUT2D eigenvalue weighted by Gasteiger charge is 2.24. The van der Waals surface area contributed by atoms with Crippen LogP contribution in [-0.2, 0) is 10.2 Å². The molecule has 0 spiro atoms. The molecule has 1 heterocycles. The van der Waals surface area contributed by atoms with Crippen molar-refractivity contribution in [2.75, 3.05) is 26.2 Å². The van der Waals surface area contributed by atoms with Gasteiger partial charge in [-0.05, 0) is 45.2 Å². The molecule has 1 aliphatic rings. The van der Waals surface area contributed by atoms with Crippen molar-refractivity contribution in [3.63, 3.8) is 0 Å². The molecule has 1 fully saturated rings. The fraction of sp³-hybridized carbons (Fsp3) is 1.00. The zero-order valence-corrected chi connectivity index (χ0v) is 12.4. The van der Waals surface area contributed by atoms with Gasteiger partial charge in [-0.3, -0.25) is 0 Å². The van der Waals surface area contributed by atoms with E-state index >= 15 is 0 Å². The molecule has 2 N–H and O–H groups in total. The van der Waals surface area contributed by atoms with E-state index < -0.39 is 10.2 Å². The van der Waals surface area contributed by atoms with Gasteiger partial charge in [0.25, 0.3) is 10.2 Å². The third-order valence-corrected chi connectivity index (χ3v) is 4.85. The van der Waals surface area contributed by atoms with E-state index in [1.54, 1.807) is 4.31 Å². The molecular weight excluding hydrogens is 250 g/mol. The molecule has 0 saturated carbocycles. The van der Waals surface area contributed by atoms with E-state index in [0.29, 0.717) is 13.1 Å². The van der Waals surface area contributed by atoms with Crippen LogP contribution in [0.2, 0.25) is 0 Å². The van der Waals surface area contributed by atoms with Crippen LogP contribution in [0.25, 0.3) is 0 Å². The van der Waals surface area contributed by atoms with Crippen LogP contribution in [0.3, 0.4) is 0 Å². The van der Waals surface area contributed by atoms with Gasteiger partial charge in [0.15, 0.2) is 0 Å². The van der Waals surface area contributed by atoms with E-state index in [0.717, 1.165) is 45.2 Å². The maximum atomic E-state index is 12.3. The second-order valence-electron chi connectivity index (χ2n) is 4.90. The third kappa shape index (κ3) is 5.22. The summed E-state index contributed by atoms with van der Waals surface area (Å²) in [4.78, 5) is 0. The molecule has 0 amide bonds. The molecule has 108 valence electrons. The maximum absolute atomic E-state index is 12.3. The van der Waals surface area contributed by atoms with Crippen LogP contribution in [0.4, 0.5) is 0 Å². The smallest absolute Gasteiger partial charge is 0.279 e. The summed E-state index contributed by atoms with van der Waals surface area (Å²) in [6.45, 7) is 7.12. The first-order chi connectivity index (χ1) is 8.60. The van der Waals surface area contributed by atoms with Crippen LogP contribution in [0.5, 0.6) is 0 Å². The summed E-state index contributed by atoms with van der Waals surface area (Å²) < 4.78 is 29.0. The minimum Gasteiger partial charge on any atom is -0.317 e. The largest absolute Gasteiger partial charge is 0.317 e. The molecular formula is C12H27N3O2S. The quantitative estimate of drug-likeness (QED) is 0.732. The van der Waals surface area contributed by atoms with E-state index in [1.165, 1.54) is 0 Å². The van der Waals surface area contributed by atoms with Gasteiger partial charge < -0.3 is 5.32 Å². The number of nitrogens with zero attached hydrogens (tertiary/aromatic N) is 1. The Balaban J connectivity index is 2.59. The van der Waals surface area contributed by atoms with Crippen LogP contribution in [0, 0.1) is 0 Å². The molecule has 0 radical (unpaired) electrons. The number of hydrogen-bond acceptors (Lipinski definition) is 3. The lowest BCUT2D eigenvalue weighted by Crippen LogP contribution is -2.46. The molecule has 0 aliphatic carbocycles. The Morgan fingerprint density at radius 1 is 1.17 bits per heavy atom. The molecule has 6 heteroatoms. The first-order valence-corrected chi connectivity index (χ1v) is 8.52. The summed E-state index contributed by atoms with van der Waals surface area (Å²) in [5.74, 6) is 0. The minimum atomic E-state index is -3.31. The van der Waals surface area contributed by atoms with E-state index in [-0.39, 0.29) is 6.04 Å². The van der Waals surface area contributed by atoms with Crippen LogP contribution in [0.1, 0.15) is 46.0 Å². The van der Waals surface area contributed by atoms with Gasteiger partial charge in [-0.1, -0.05) is 13.8 Å². The molecule has 1 unspecified atom stereocenters. The van der Waals surface area contributed by atoms with Crippen molar-refractivity contribution in [1.82, 2.24) is 14.3 Å². The number of hydrogen-bond donors (Lipinski definition) is 2. The van der Waals surface area contributed by atoms with Gasteiger partial charge in [-0.2, -0.15) is 17.4 Å². The second kappa shape index (κ2) is 8.09. The van der Waals surface area contributed by atoms with Crippen molar-refractivity contribution >= 4 is 10.2 Å². The van der Waals surface area contributed by atoms with Gasteiger partial charge in [-0.25, -0.2) is 0 Å². The molecule has 1 saturated heterocycles. The van der Waals surface area contributed by atoms with Crippen molar-refractivity contribution in [3.8, 4) is 0 Å². The lowest BCUT2D eigenvalue weighted by molar-refractivity contribution is 0.391. The van der Waals surface area contributed by atoms with E-state index in [1.807, 2.05) is 13.8 Å². The predicted molar refractivity (Wildman–Crippen MR) is 74.7 cm³/mol. The van der Waals surface area contributed by atoms with Gasteiger partial charge >= 0.3 is 0 Å². The van der Waals surface area contributed by atoms with Crippen molar-refractivity contribution in [2.24, 2.45) is 0 Å². The molecule has 18 heavy (non-hydrogen) atoms. The van der Waals surface area contributed by atoms with E-state index in [4.69, 9.17) is 0 Å². The topological polar surface area (TPSA) is 61.4 Å². The fourth-order valence-electron chi connectivity index (χ4n) is 2.27. The fourth-order valence-corrected chi connectivity index (χ4v) is 3.92. The van der Waals surface area contributed by atoms with Gasteiger partial charge in [0.1, 0.15) is 0 Å². The molecule has 0 aromatic rings. The van der Waals surface area contributed by atoms with E-state index in [9.17, 15) is 8.42 Å². The Hall–Kier alpha value is -0.170. The summed E-state index contributed by atoms with van der Waals surface area (Å²) >= 11 is 0. The van der Waals surface area contributed by atoms with Crippen LogP contribution < -0.4 is 10.0 Å². The second-order valence-corrected chi connectivity index (χ2v) is 6.60. The summed E-state index contributed by atoms with van der Waals surface area (Å²) in [6.07, 6.45) is 4.55. The van der Waals surface area contributed by atoms with Gasteiger partial charge in [0.05, 0.1) is 0 Å². The number of rotatable bonds is 7. The zero-order valence-electron chi connectivity index (χ0n) is 11.6. The Morgan fingerprint density at radius 2 is 1.83 bits per heavy atom. The lowest BCUT2D eigenvalue weighted by atomic mass is 10.1. The summed E-state index contributed by atoms with van der Waals surface area (Å²) in [5.41, 5.74) is 0. The average molecular weight is 277 g/mol. The Bertz CT molecular complexity index is 305. The van der Waals surface area contributed by atoms with Gasteiger partial charge in [-0.15, -0.1) is 0 Å². The predicted octanol–water partition coefficient (Wildman–Crippen LogP) is 1.08. The standard InChI is InChI=1S/C12H27N3O2S/c1-3-10-15(11-4-2)18(16,17)14-12-6-5-8-13-9-7-12/h12-14H,3-11H2,1-2H3. The van der Waals surface area contributed by atoms with Crippen molar-refractivity contribution < 1.29 is 8.42 Å². The van der Waals surface area contributed by atoms with Crippen LogP contribution in [0.15, 0.2) is 0 Å². The minimum absolute atomic E-state index is 0.0845.